The Balaban J connectivity index is 1.89. The summed E-state index contributed by atoms with van der Waals surface area (Å²) >= 11 is 1.54. The highest BCUT2D eigenvalue weighted by molar-refractivity contribution is 7.18. The molecule has 0 N–H and O–H groups in total. The quantitative estimate of drug-likeness (QED) is 0.481. The van der Waals surface area contributed by atoms with Crippen molar-refractivity contribution < 1.29 is 9.13 Å². The molecule has 28 heavy (non-hydrogen) atoms. The number of nitrogens with zero attached hydrogens (tertiary/aromatic N) is 3. The van der Waals surface area contributed by atoms with E-state index in [1.807, 2.05) is 26.0 Å². The van der Waals surface area contributed by atoms with Gasteiger partial charge < -0.3 is 9.64 Å². The van der Waals surface area contributed by atoms with Crippen molar-refractivity contribution >= 4 is 16.5 Å². The third-order valence-corrected chi connectivity index (χ3v) is 5.73. The SMILES string of the molecule is CCCCN(Cc1ccccc1F)c1nnc(-c2cc(C)c(OC)c(C)c2)s1. The lowest BCUT2D eigenvalue weighted by atomic mass is 10.1. The molecule has 1 heterocycles. The van der Waals surface area contributed by atoms with Gasteiger partial charge in [-0.15, -0.1) is 10.2 Å². The van der Waals surface area contributed by atoms with Gasteiger partial charge in [0.05, 0.1) is 7.11 Å². The molecule has 0 radical (unpaired) electrons. The third-order valence-electron chi connectivity index (χ3n) is 4.70. The highest BCUT2D eigenvalue weighted by Gasteiger charge is 2.17. The van der Waals surface area contributed by atoms with E-state index in [1.165, 1.54) is 6.07 Å². The summed E-state index contributed by atoms with van der Waals surface area (Å²) in [4.78, 5) is 2.12. The maximum Gasteiger partial charge on any atom is 0.208 e. The molecule has 0 aliphatic carbocycles. The van der Waals surface area contributed by atoms with E-state index in [0.29, 0.717) is 12.1 Å². The van der Waals surface area contributed by atoms with Gasteiger partial charge in [0.1, 0.15) is 16.6 Å². The van der Waals surface area contributed by atoms with Crippen LogP contribution in [0.3, 0.4) is 0 Å². The molecule has 0 amide bonds. The molecule has 0 atom stereocenters. The van der Waals surface area contributed by atoms with Crippen LogP contribution in [0, 0.1) is 19.7 Å². The van der Waals surface area contributed by atoms with Crippen molar-refractivity contribution in [3.8, 4) is 16.3 Å². The molecule has 4 nitrogen and oxygen atoms in total. The number of rotatable bonds is 8. The normalized spacial score (nSPS) is 10.9. The Morgan fingerprint density at radius 2 is 1.82 bits per heavy atom. The fraction of sp³-hybridized carbons (Fsp3) is 0.364. The van der Waals surface area contributed by atoms with Gasteiger partial charge in [-0.2, -0.15) is 0 Å². The second-order valence-electron chi connectivity index (χ2n) is 6.90. The number of methoxy groups -OCH3 is 1. The summed E-state index contributed by atoms with van der Waals surface area (Å²) in [6.07, 6.45) is 2.08. The Labute approximate surface area is 170 Å². The van der Waals surface area contributed by atoms with E-state index in [2.05, 4.69) is 34.2 Å². The van der Waals surface area contributed by atoms with Crippen molar-refractivity contribution in [2.24, 2.45) is 0 Å². The van der Waals surface area contributed by atoms with Crippen LogP contribution in [0.2, 0.25) is 0 Å². The number of benzene rings is 2. The van der Waals surface area contributed by atoms with Gasteiger partial charge in [0, 0.05) is 24.2 Å². The minimum absolute atomic E-state index is 0.185. The molecule has 3 rings (SSSR count). The number of hydrogen-bond acceptors (Lipinski definition) is 5. The maximum atomic E-state index is 14.1. The summed E-state index contributed by atoms with van der Waals surface area (Å²) < 4.78 is 19.6. The number of halogens is 1. The minimum atomic E-state index is -0.185. The molecule has 0 aliphatic rings. The Morgan fingerprint density at radius 3 is 2.46 bits per heavy atom. The van der Waals surface area contributed by atoms with Gasteiger partial charge in [0.25, 0.3) is 0 Å². The molecule has 0 fully saturated rings. The molecular weight excluding hydrogens is 373 g/mol. The summed E-state index contributed by atoms with van der Waals surface area (Å²) in [5.74, 6) is 0.716. The number of ether oxygens (including phenoxy) is 1. The monoisotopic (exact) mass is 399 g/mol. The van der Waals surface area contributed by atoms with Crippen molar-refractivity contribution in [3.63, 3.8) is 0 Å². The molecule has 3 aromatic rings. The highest BCUT2D eigenvalue weighted by atomic mass is 32.1. The van der Waals surface area contributed by atoms with Crippen LogP contribution in [-0.2, 0) is 6.54 Å². The second-order valence-corrected chi connectivity index (χ2v) is 7.86. The zero-order chi connectivity index (χ0) is 20.1. The molecule has 0 bridgehead atoms. The van der Waals surface area contributed by atoms with E-state index in [1.54, 1.807) is 24.5 Å². The van der Waals surface area contributed by atoms with Crippen LogP contribution in [0.1, 0.15) is 36.5 Å². The molecule has 0 aliphatic heterocycles. The molecule has 0 saturated heterocycles. The lowest BCUT2D eigenvalue weighted by Gasteiger charge is -2.21. The van der Waals surface area contributed by atoms with Crippen LogP contribution < -0.4 is 9.64 Å². The third kappa shape index (κ3) is 4.50. The fourth-order valence-corrected chi connectivity index (χ4v) is 4.14. The first-order chi connectivity index (χ1) is 13.5. The van der Waals surface area contributed by atoms with Crippen LogP contribution in [0.5, 0.6) is 5.75 Å². The molecule has 0 unspecified atom stereocenters. The summed E-state index contributed by atoms with van der Waals surface area (Å²) in [5, 5.41) is 10.5. The highest BCUT2D eigenvalue weighted by Crippen LogP contribution is 2.34. The second kappa shape index (κ2) is 9.15. The average Bonchev–Trinajstić information content (AvgIpc) is 3.16. The number of aromatic nitrogens is 2. The lowest BCUT2D eigenvalue weighted by Crippen LogP contribution is -2.24. The first-order valence-corrected chi connectivity index (χ1v) is 10.3. The van der Waals surface area contributed by atoms with Gasteiger partial charge in [-0.25, -0.2) is 4.39 Å². The van der Waals surface area contributed by atoms with E-state index in [-0.39, 0.29) is 5.82 Å². The van der Waals surface area contributed by atoms with Crippen LogP contribution in [0.4, 0.5) is 9.52 Å². The Kier molecular flexibility index (Phi) is 6.62. The van der Waals surface area contributed by atoms with Gasteiger partial charge in [-0.3, -0.25) is 0 Å². The lowest BCUT2D eigenvalue weighted by molar-refractivity contribution is 0.408. The zero-order valence-electron chi connectivity index (χ0n) is 16.8. The standard InChI is InChI=1S/C22H26FN3OS/c1-5-6-11-26(14-17-9-7-8-10-19(17)23)22-25-24-21(28-22)18-12-15(2)20(27-4)16(3)13-18/h7-10,12-13H,5-6,11,14H2,1-4H3. The minimum Gasteiger partial charge on any atom is -0.496 e. The summed E-state index contributed by atoms with van der Waals surface area (Å²) in [5.41, 5.74) is 3.85. The molecule has 0 saturated carbocycles. The van der Waals surface area contributed by atoms with Gasteiger partial charge in [-0.05, 0) is 49.6 Å². The number of aryl methyl sites for hydroxylation is 2. The predicted molar refractivity (Wildman–Crippen MR) is 114 cm³/mol. The molecule has 148 valence electrons. The Bertz CT molecular complexity index is 918. The van der Waals surface area contributed by atoms with Crippen LogP contribution in [-0.4, -0.2) is 23.9 Å². The molecule has 0 spiro atoms. The number of hydrogen-bond donors (Lipinski definition) is 0. The first kappa shape index (κ1) is 20.3. The maximum absolute atomic E-state index is 14.1. The largest absolute Gasteiger partial charge is 0.496 e. The molecule has 2 aromatic carbocycles. The summed E-state index contributed by atoms with van der Waals surface area (Å²) in [6, 6.07) is 11.1. The van der Waals surface area contributed by atoms with Crippen LogP contribution in [0.15, 0.2) is 36.4 Å². The van der Waals surface area contributed by atoms with Crippen molar-refractivity contribution in [2.45, 2.75) is 40.2 Å². The van der Waals surface area contributed by atoms with E-state index in [4.69, 9.17) is 4.74 Å². The predicted octanol–water partition coefficient (Wildman–Crippen LogP) is 5.78. The fourth-order valence-electron chi connectivity index (χ4n) is 3.28. The smallest absolute Gasteiger partial charge is 0.208 e. The van der Waals surface area contributed by atoms with Gasteiger partial charge in [-0.1, -0.05) is 42.9 Å². The average molecular weight is 400 g/mol. The van der Waals surface area contributed by atoms with Crippen molar-refractivity contribution in [3.05, 3.63) is 58.9 Å². The van der Waals surface area contributed by atoms with E-state index >= 15 is 0 Å². The number of anilines is 1. The van der Waals surface area contributed by atoms with Crippen LogP contribution in [0.25, 0.3) is 10.6 Å². The number of unbranched alkanes of at least 4 members (excludes halogenated alkanes) is 1. The zero-order valence-corrected chi connectivity index (χ0v) is 17.6. The van der Waals surface area contributed by atoms with Gasteiger partial charge in [0.15, 0.2) is 0 Å². The summed E-state index contributed by atoms with van der Waals surface area (Å²) in [6.45, 7) is 7.52. The van der Waals surface area contributed by atoms with Crippen molar-refractivity contribution in [1.29, 1.82) is 0 Å². The summed E-state index contributed by atoms with van der Waals surface area (Å²) in [7, 11) is 1.69. The van der Waals surface area contributed by atoms with E-state index in [0.717, 1.165) is 52.0 Å². The topological polar surface area (TPSA) is 38.2 Å². The van der Waals surface area contributed by atoms with Gasteiger partial charge in [0.2, 0.25) is 5.13 Å². The Hall–Kier alpha value is -2.47. The molecule has 1 aromatic heterocycles. The van der Waals surface area contributed by atoms with E-state index < -0.39 is 0 Å². The molecule has 6 heteroatoms. The molecular formula is C22H26FN3OS. The Morgan fingerprint density at radius 1 is 1.11 bits per heavy atom. The van der Waals surface area contributed by atoms with Crippen LogP contribution >= 0.6 is 11.3 Å². The first-order valence-electron chi connectivity index (χ1n) is 9.51. The van der Waals surface area contributed by atoms with E-state index in [9.17, 15) is 4.39 Å². The van der Waals surface area contributed by atoms with Crippen molar-refractivity contribution in [2.75, 3.05) is 18.6 Å². The van der Waals surface area contributed by atoms with Crippen molar-refractivity contribution in [1.82, 2.24) is 10.2 Å². The van der Waals surface area contributed by atoms with Gasteiger partial charge >= 0.3 is 0 Å².